The minimum Gasteiger partial charge on any atom is -0.453 e. The molecular weight excluding hydrogens is 418 g/mol. The summed E-state index contributed by atoms with van der Waals surface area (Å²) in [4.78, 5) is 28.4. The van der Waals surface area contributed by atoms with Crippen molar-refractivity contribution in [3.63, 3.8) is 0 Å². The van der Waals surface area contributed by atoms with Gasteiger partial charge in [-0.3, -0.25) is 4.79 Å². The lowest BCUT2D eigenvalue weighted by molar-refractivity contribution is -0.115. The van der Waals surface area contributed by atoms with Crippen LogP contribution in [0.15, 0.2) is 51.3 Å². The molecule has 0 bridgehead atoms. The van der Waals surface area contributed by atoms with Crippen molar-refractivity contribution in [2.45, 2.75) is 25.0 Å². The molecule has 0 atom stereocenters. The second-order valence-electron chi connectivity index (χ2n) is 6.01. The molecule has 11 heteroatoms. The van der Waals surface area contributed by atoms with Crippen molar-refractivity contribution in [3.05, 3.63) is 63.8 Å². The quantitative estimate of drug-likeness (QED) is 0.542. The first-order valence-corrected chi connectivity index (χ1v) is 10.7. The van der Waals surface area contributed by atoms with E-state index >= 15 is 0 Å². The van der Waals surface area contributed by atoms with Crippen LogP contribution in [0.3, 0.4) is 0 Å². The number of esters is 1. The van der Waals surface area contributed by atoms with Crippen LogP contribution in [0, 0.1) is 6.92 Å². The van der Waals surface area contributed by atoms with Gasteiger partial charge in [-0.05, 0) is 30.7 Å². The number of aromatic nitrogens is 1. The molecule has 0 radical (unpaired) electrons. The highest BCUT2D eigenvalue weighted by atomic mass is 32.2. The number of primary sulfonamides is 1. The molecule has 0 aliphatic carbocycles. The van der Waals surface area contributed by atoms with E-state index in [1.165, 1.54) is 11.3 Å². The molecule has 29 heavy (non-hydrogen) atoms. The third-order valence-electron chi connectivity index (χ3n) is 3.74. The van der Waals surface area contributed by atoms with Gasteiger partial charge in [-0.15, -0.1) is 11.3 Å². The Hall–Kier alpha value is -3.02. The number of hydrogen-bond donors (Lipinski definition) is 2. The highest BCUT2D eigenvalue weighted by molar-refractivity contribution is 7.89. The number of furan rings is 1. The number of aryl methyl sites for hydroxylation is 1. The highest BCUT2D eigenvalue weighted by Crippen LogP contribution is 2.17. The number of carbonyl (C=O) groups excluding carboxylic acids is 2. The standard InChI is InChI=1S/C18H17N3O6S2/c1-11-4-2-3-5-13(11)21-15(22)8-16-20-12(10-28-16)9-26-18(23)14-6-7-17(27-14)29(19,24)25/h2-7,10H,8-9H2,1H3,(H,21,22)(H2,19,24,25). The number of ether oxygens (including phenoxy) is 1. The fourth-order valence-corrected chi connectivity index (χ4v) is 3.58. The second kappa shape index (κ2) is 8.55. The molecule has 3 N–H and O–H groups in total. The van der Waals surface area contributed by atoms with Gasteiger partial charge >= 0.3 is 5.97 Å². The summed E-state index contributed by atoms with van der Waals surface area (Å²) in [5.74, 6) is -1.35. The van der Waals surface area contributed by atoms with Gasteiger partial charge in [0.15, 0.2) is 0 Å². The van der Waals surface area contributed by atoms with Gasteiger partial charge in [0, 0.05) is 11.1 Å². The summed E-state index contributed by atoms with van der Waals surface area (Å²) < 4.78 is 32.2. The zero-order valence-corrected chi connectivity index (χ0v) is 16.9. The van der Waals surface area contributed by atoms with Gasteiger partial charge < -0.3 is 14.5 Å². The summed E-state index contributed by atoms with van der Waals surface area (Å²) in [6.45, 7) is 1.75. The van der Waals surface area contributed by atoms with Crippen LogP contribution in [-0.2, 0) is 32.6 Å². The van der Waals surface area contributed by atoms with E-state index in [0.717, 1.165) is 23.4 Å². The van der Waals surface area contributed by atoms with Crippen molar-refractivity contribution in [1.82, 2.24) is 4.98 Å². The maximum Gasteiger partial charge on any atom is 0.374 e. The number of hydrogen-bond acceptors (Lipinski definition) is 8. The Morgan fingerprint density at radius 2 is 2.00 bits per heavy atom. The van der Waals surface area contributed by atoms with E-state index < -0.39 is 21.1 Å². The lowest BCUT2D eigenvalue weighted by Gasteiger charge is -2.06. The smallest absolute Gasteiger partial charge is 0.374 e. The van der Waals surface area contributed by atoms with Crippen molar-refractivity contribution in [3.8, 4) is 0 Å². The van der Waals surface area contributed by atoms with Crippen LogP contribution < -0.4 is 10.5 Å². The van der Waals surface area contributed by atoms with Gasteiger partial charge in [-0.25, -0.2) is 23.3 Å². The molecule has 0 fully saturated rings. The lowest BCUT2D eigenvalue weighted by Crippen LogP contribution is -2.15. The maximum atomic E-state index is 12.2. The first kappa shape index (κ1) is 20.7. The zero-order valence-electron chi connectivity index (χ0n) is 15.2. The first-order chi connectivity index (χ1) is 13.7. The number of benzene rings is 1. The van der Waals surface area contributed by atoms with Gasteiger partial charge in [0.25, 0.3) is 10.0 Å². The van der Waals surface area contributed by atoms with E-state index in [1.807, 2.05) is 31.2 Å². The minimum atomic E-state index is -4.04. The third kappa shape index (κ3) is 5.50. The van der Waals surface area contributed by atoms with Gasteiger partial charge in [-0.1, -0.05) is 18.2 Å². The number of nitrogens with one attached hydrogen (secondary N) is 1. The molecule has 152 valence electrons. The molecule has 0 spiro atoms. The van der Waals surface area contributed by atoms with Crippen LogP contribution in [0.25, 0.3) is 0 Å². The van der Waals surface area contributed by atoms with Crippen LogP contribution in [0.1, 0.15) is 26.8 Å². The minimum absolute atomic E-state index is 0.0862. The summed E-state index contributed by atoms with van der Waals surface area (Å²) in [7, 11) is -4.04. The Labute approximate surface area is 170 Å². The molecule has 0 aliphatic rings. The van der Waals surface area contributed by atoms with Gasteiger partial charge in [-0.2, -0.15) is 0 Å². The Kier molecular flexibility index (Phi) is 6.11. The first-order valence-electron chi connectivity index (χ1n) is 8.31. The summed E-state index contributed by atoms with van der Waals surface area (Å²) in [6.07, 6.45) is 0.0862. The van der Waals surface area contributed by atoms with E-state index in [-0.39, 0.29) is 24.7 Å². The highest BCUT2D eigenvalue weighted by Gasteiger charge is 2.19. The van der Waals surface area contributed by atoms with Gasteiger partial charge in [0.2, 0.25) is 16.8 Å². The number of para-hydroxylation sites is 1. The topological polar surface area (TPSA) is 142 Å². The number of thiazole rings is 1. The van der Waals surface area contributed by atoms with Crippen LogP contribution in [0.4, 0.5) is 5.69 Å². The van der Waals surface area contributed by atoms with E-state index in [9.17, 15) is 18.0 Å². The number of carbonyl (C=O) groups is 2. The fourth-order valence-electron chi connectivity index (χ4n) is 2.33. The van der Waals surface area contributed by atoms with Crippen molar-refractivity contribution in [1.29, 1.82) is 0 Å². The predicted molar refractivity (Wildman–Crippen MR) is 105 cm³/mol. The van der Waals surface area contributed by atoms with E-state index in [4.69, 9.17) is 14.3 Å². The number of anilines is 1. The van der Waals surface area contributed by atoms with Crippen molar-refractivity contribution in [2.75, 3.05) is 5.32 Å². The van der Waals surface area contributed by atoms with Crippen LogP contribution in [-0.4, -0.2) is 25.3 Å². The van der Waals surface area contributed by atoms with Crippen molar-refractivity contribution in [2.24, 2.45) is 5.14 Å². The zero-order chi connectivity index (χ0) is 21.0. The van der Waals surface area contributed by atoms with Crippen LogP contribution in [0.2, 0.25) is 0 Å². The Balaban J connectivity index is 1.53. The number of rotatable bonds is 7. The molecular formula is C18H17N3O6S2. The Bertz CT molecular complexity index is 1150. The number of amides is 1. The predicted octanol–water partition coefficient (Wildman–Crippen LogP) is 2.23. The molecule has 3 aromatic rings. The van der Waals surface area contributed by atoms with Gasteiger partial charge in [0.05, 0.1) is 12.1 Å². The van der Waals surface area contributed by atoms with Crippen molar-refractivity contribution >= 4 is 38.9 Å². The summed E-state index contributed by atoms with van der Waals surface area (Å²) in [5.41, 5.74) is 2.15. The fraction of sp³-hybridized carbons (Fsp3) is 0.167. The molecule has 0 aliphatic heterocycles. The van der Waals surface area contributed by atoms with Crippen LogP contribution in [0.5, 0.6) is 0 Å². The monoisotopic (exact) mass is 435 g/mol. The molecule has 0 saturated carbocycles. The van der Waals surface area contributed by atoms with Crippen molar-refractivity contribution < 1.29 is 27.2 Å². The number of nitrogens with two attached hydrogens (primary N) is 1. The molecule has 0 saturated heterocycles. The maximum absolute atomic E-state index is 12.2. The Morgan fingerprint density at radius 1 is 1.24 bits per heavy atom. The average molecular weight is 435 g/mol. The lowest BCUT2D eigenvalue weighted by atomic mass is 10.2. The normalized spacial score (nSPS) is 11.2. The number of sulfonamides is 1. The molecule has 3 rings (SSSR count). The summed E-state index contributed by atoms with van der Waals surface area (Å²) in [6, 6.07) is 9.66. The number of nitrogens with zero attached hydrogens (tertiary/aromatic N) is 1. The summed E-state index contributed by atoms with van der Waals surface area (Å²) in [5, 5.41) is 9.45. The molecule has 2 aromatic heterocycles. The van der Waals surface area contributed by atoms with E-state index in [0.29, 0.717) is 10.7 Å². The largest absolute Gasteiger partial charge is 0.453 e. The van der Waals surface area contributed by atoms with Crippen LogP contribution >= 0.6 is 11.3 Å². The second-order valence-corrected chi connectivity index (χ2v) is 8.45. The molecule has 1 aromatic carbocycles. The Morgan fingerprint density at radius 3 is 2.69 bits per heavy atom. The van der Waals surface area contributed by atoms with Gasteiger partial charge in [0.1, 0.15) is 11.6 Å². The third-order valence-corrected chi connectivity index (χ3v) is 5.42. The average Bonchev–Trinajstić information content (AvgIpc) is 3.31. The molecule has 9 nitrogen and oxygen atoms in total. The molecule has 0 unspecified atom stereocenters. The molecule has 2 heterocycles. The van der Waals surface area contributed by atoms with E-state index in [2.05, 4.69) is 10.3 Å². The SMILES string of the molecule is Cc1ccccc1NC(=O)Cc1nc(COC(=O)c2ccc(S(N)(=O)=O)o2)cs1. The van der Waals surface area contributed by atoms with E-state index in [1.54, 1.807) is 5.38 Å². The summed E-state index contributed by atoms with van der Waals surface area (Å²) >= 11 is 1.27. The molecule has 1 amide bonds.